The fourth-order valence-corrected chi connectivity index (χ4v) is 1.69. The molecule has 6 nitrogen and oxygen atoms in total. The summed E-state index contributed by atoms with van der Waals surface area (Å²) in [5.74, 6) is -0.156. The Morgan fingerprint density at radius 2 is 2.33 bits per heavy atom. The van der Waals surface area contributed by atoms with Crippen molar-refractivity contribution in [2.75, 3.05) is 11.9 Å². The maximum absolute atomic E-state index is 11.8. The van der Waals surface area contributed by atoms with E-state index in [0.29, 0.717) is 12.2 Å². The molecule has 0 aliphatic heterocycles. The summed E-state index contributed by atoms with van der Waals surface area (Å²) in [7, 11) is 1.74. The van der Waals surface area contributed by atoms with Crippen molar-refractivity contribution in [3.8, 4) is 0 Å². The summed E-state index contributed by atoms with van der Waals surface area (Å²) in [6.45, 7) is 2.23. The fraction of sp³-hybridized carbons (Fsp3) is 0.545. The van der Waals surface area contributed by atoms with Gasteiger partial charge in [-0.1, -0.05) is 22.9 Å². The molecule has 1 rings (SSSR count). The summed E-state index contributed by atoms with van der Waals surface area (Å²) >= 11 is 3.09. The molecule has 0 aromatic carbocycles. The molecule has 1 aromatic heterocycles. The number of aromatic nitrogens is 2. The quantitative estimate of drug-likeness (QED) is 0.808. The Morgan fingerprint density at radius 3 is 2.83 bits per heavy atom. The van der Waals surface area contributed by atoms with E-state index in [9.17, 15) is 9.59 Å². The number of alkyl halides is 1. The minimum absolute atomic E-state index is 0.153. The van der Waals surface area contributed by atoms with Crippen LogP contribution in [0.1, 0.15) is 24.9 Å². The highest BCUT2D eigenvalue weighted by atomic mass is 79.9. The molecule has 1 unspecified atom stereocenters. The number of Topliss-reactive ketones (excluding diaryl/α,β-unsaturated/α-hetero) is 1. The van der Waals surface area contributed by atoms with Crippen molar-refractivity contribution < 1.29 is 14.3 Å². The molecule has 0 bridgehead atoms. The standard InChI is InChI=1S/C11H16BrN3O3/c1-3-4-18-11(17)14-10(9(16)5-12)8-6-13-15(2)7-8/h6-7,10H,3-5H2,1-2H3,(H,14,17). The predicted octanol–water partition coefficient (Wildman–Crippen LogP) is 1.56. The summed E-state index contributed by atoms with van der Waals surface area (Å²) in [5, 5.41) is 6.67. The summed E-state index contributed by atoms with van der Waals surface area (Å²) in [6, 6.07) is -0.734. The lowest BCUT2D eigenvalue weighted by Crippen LogP contribution is -2.34. The number of nitrogens with one attached hydrogen (secondary N) is 1. The van der Waals surface area contributed by atoms with Gasteiger partial charge in [0, 0.05) is 18.8 Å². The number of carbonyl (C=O) groups is 2. The van der Waals surface area contributed by atoms with Crippen LogP contribution in [0.2, 0.25) is 0 Å². The third kappa shape index (κ3) is 4.14. The van der Waals surface area contributed by atoms with Crippen LogP contribution in [-0.4, -0.2) is 33.6 Å². The highest BCUT2D eigenvalue weighted by Crippen LogP contribution is 2.14. The first-order chi connectivity index (χ1) is 8.58. The van der Waals surface area contributed by atoms with E-state index >= 15 is 0 Å². The van der Waals surface area contributed by atoms with E-state index in [-0.39, 0.29) is 11.1 Å². The third-order valence-corrected chi connectivity index (χ3v) is 2.76. The molecule has 1 aromatic rings. The van der Waals surface area contributed by atoms with Crippen molar-refractivity contribution in [2.24, 2.45) is 7.05 Å². The zero-order valence-corrected chi connectivity index (χ0v) is 11.9. The molecule has 1 N–H and O–H groups in total. The molecular formula is C11H16BrN3O3. The van der Waals surface area contributed by atoms with E-state index < -0.39 is 12.1 Å². The van der Waals surface area contributed by atoms with Gasteiger partial charge in [0.05, 0.1) is 18.1 Å². The zero-order valence-electron chi connectivity index (χ0n) is 10.4. The number of ether oxygens (including phenoxy) is 1. The summed E-state index contributed by atoms with van der Waals surface area (Å²) in [5.41, 5.74) is 0.635. The molecule has 0 saturated carbocycles. The second-order valence-electron chi connectivity index (χ2n) is 3.76. The lowest BCUT2D eigenvalue weighted by Gasteiger charge is -2.14. The van der Waals surface area contributed by atoms with Crippen molar-refractivity contribution in [2.45, 2.75) is 19.4 Å². The van der Waals surface area contributed by atoms with Crippen LogP contribution in [0.15, 0.2) is 12.4 Å². The molecule has 0 aliphatic rings. The average Bonchev–Trinajstić information content (AvgIpc) is 2.78. The molecule has 1 amide bonds. The Morgan fingerprint density at radius 1 is 1.61 bits per heavy atom. The Balaban J connectivity index is 2.73. The first-order valence-corrected chi connectivity index (χ1v) is 6.71. The third-order valence-electron chi connectivity index (χ3n) is 2.21. The Bertz CT molecular complexity index is 419. The van der Waals surface area contributed by atoms with E-state index in [0.717, 1.165) is 6.42 Å². The van der Waals surface area contributed by atoms with Crippen LogP contribution in [0.25, 0.3) is 0 Å². The van der Waals surface area contributed by atoms with Gasteiger partial charge in [-0.25, -0.2) is 4.79 Å². The zero-order chi connectivity index (χ0) is 13.5. The van der Waals surface area contributed by atoms with Crippen LogP contribution < -0.4 is 5.32 Å². The van der Waals surface area contributed by atoms with Gasteiger partial charge in [0.25, 0.3) is 0 Å². The lowest BCUT2D eigenvalue weighted by atomic mass is 10.1. The Labute approximate surface area is 114 Å². The second kappa shape index (κ2) is 7.15. The van der Waals surface area contributed by atoms with Gasteiger partial charge < -0.3 is 10.1 Å². The second-order valence-corrected chi connectivity index (χ2v) is 4.32. The minimum atomic E-state index is -0.734. The van der Waals surface area contributed by atoms with Gasteiger partial charge >= 0.3 is 6.09 Å². The SMILES string of the molecule is CCCOC(=O)NC(C(=O)CBr)c1cnn(C)c1. The van der Waals surface area contributed by atoms with E-state index in [1.54, 1.807) is 24.1 Å². The number of hydrogen-bond donors (Lipinski definition) is 1. The topological polar surface area (TPSA) is 73.2 Å². The largest absolute Gasteiger partial charge is 0.450 e. The number of amides is 1. The van der Waals surface area contributed by atoms with Crippen molar-refractivity contribution >= 4 is 27.8 Å². The van der Waals surface area contributed by atoms with Crippen LogP contribution in [0, 0.1) is 0 Å². The molecule has 1 heterocycles. The summed E-state index contributed by atoms with van der Waals surface area (Å²) < 4.78 is 6.47. The molecule has 1 atom stereocenters. The first-order valence-electron chi connectivity index (χ1n) is 5.59. The Hall–Kier alpha value is -1.37. The summed E-state index contributed by atoms with van der Waals surface area (Å²) in [4.78, 5) is 23.3. The maximum atomic E-state index is 11.8. The molecule has 18 heavy (non-hydrogen) atoms. The van der Waals surface area contributed by atoms with Crippen molar-refractivity contribution in [1.82, 2.24) is 15.1 Å². The monoisotopic (exact) mass is 317 g/mol. The van der Waals surface area contributed by atoms with Crippen molar-refractivity contribution in [3.05, 3.63) is 18.0 Å². The van der Waals surface area contributed by atoms with E-state index in [1.165, 1.54) is 0 Å². The summed E-state index contributed by atoms with van der Waals surface area (Å²) in [6.07, 6.45) is 3.37. The fourth-order valence-electron chi connectivity index (χ4n) is 1.37. The molecule has 0 fully saturated rings. The van der Waals surface area contributed by atoms with E-state index in [2.05, 4.69) is 26.3 Å². The van der Waals surface area contributed by atoms with E-state index in [1.807, 2.05) is 6.92 Å². The average molecular weight is 318 g/mol. The van der Waals surface area contributed by atoms with Gasteiger partial charge in [0.15, 0.2) is 5.78 Å². The maximum Gasteiger partial charge on any atom is 0.407 e. The number of nitrogens with zero attached hydrogens (tertiary/aromatic N) is 2. The van der Waals surface area contributed by atoms with Gasteiger partial charge in [0.1, 0.15) is 6.04 Å². The minimum Gasteiger partial charge on any atom is -0.450 e. The molecule has 0 radical (unpaired) electrons. The van der Waals surface area contributed by atoms with Gasteiger partial charge in [-0.15, -0.1) is 0 Å². The lowest BCUT2D eigenvalue weighted by molar-refractivity contribution is -0.118. The van der Waals surface area contributed by atoms with Gasteiger partial charge in [-0.3, -0.25) is 9.48 Å². The van der Waals surface area contributed by atoms with Crippen LogP contribution in [0.4, 0.5) is 4.79 Å². The first kappa shape index (κ1) is 14.7. The van der Waals surface area contributed by atoms with Gasteiger partial charge in [0.2, 0.25) is 0 Å². The molecular weight excluding hydrogens is 302 g/mol. The van der Waals surface area contributed by atoms with Gasteiger partial charge in [-0.2, -0.15) is 5.10 Å². The number of carbonyl (C=O) groups excluding carboxylic acids is 2. The van der Waals surface area contributed by atoms with Crippen LogP contribution >= 0.6 is 15.9 Å². The number of ketones is 1. The predicted molar refractivity (Wildman–Crippen MR) is 69.5 cm³/mol. The van der Waals surface area contributed by atoms with Gasteiger partial charge in [-0.05, 0) is 6.42 Å². The normalized spacial score (nSPS) is 11.9. The smallest absolute Gasteiger partial charge is 0.407 e. The number of alkyl carbamates (subject to hydrolysis) is 1. The van der Waals surface area contributed by atoms with Crippen LogP contribution in [-0.2, 0) is 16.6 Å². The molecule has 0 spiro atoms. The van der Waals surface area contributed by atoms with E-state index in [4.69, 9.17) is 4.74 Å². The molecule has 100 valence electrons. The highest BCUT2D eigenvalue weighted by Gasteiger charge is 2.23. The Kier molecular flexibility index (Phi) is 5.84. The number of aryl methyl sites for hydroxylation is 1. The van der Waals surface area contributed by atoms with Crippen molar-refractivity contribution in [3.63, 3.8) is 0 Å². The number of halogens is 1. The molecule has 0 saturated heterocycles. The van der Waals surface area contributed by atoms with Crippen LogP contribution in [0.3, 0.4) is 0 Å². The molecule has 0 aliphatic carbocycles. The number of hydrogen-bond acceptors (Lipinski definition) is 4. The number of rotatable bonds is 6. The van der Waals surface area contributed by atoms with Crippen molar-refractivity contribution in [1.29, 1.82) is 0 Å². The highest BCUT2D eigenvalue weighted by molar-refractivity contribution is 9.09. The van der Waals surface area contributed by atoms with Crippen LogP contribution in [0.5, 0.6) is 0 Å². The molecule has 7 heteroatoms.